The molecular weight excluding hydrogens is 352 g/mol. The molecule has 2 N–H and O–H groups in total. The Kier molecular flexibility index (Phi) is 4.76. The first kappa shape index (κ1) is 17.7. The van der Waals surface area contributed by atoms with Crippen LogP contribution in [0.25, 0.3) is 22.5 Å². The van der Waals surface area contributed by atoms with Crippen LogP contribution in [0.1, 0.15) is 34.9 Å². The topological polar surface area (TPSA) is 83.8 Å². The smallest absolute Gasteiger partial charge is 0.290 e. The number of nitrogens with zero attached hydrogens (tertiary/aromatic N) is 2. The van der Waals surface area contributed by atoms with Crippen LogP contribution in [0.2, 0.25) is 0 Å². The number of benzene rings is 2. The summed E-state index contributed by atoms with van der Waals surface area (Å²) in [6, 6.07) is 19.1. The fraction of sp³-hybridized carbons (Fsp3) is 0.136. The fourth-order valence-corrected chi connectivity index (χ4v) is 2.90. The highest BCUT2D eigenvalue weighted by Gasteiger charge is 2.18. The van der Waals surface area contributed by atoms with Gasteiger partial charge >= 0.3 is 0 Å². The van der Waals surface area contributed by atoms with Gasteiger partial charge in [0.15, 0.2) is 0 Å². The van der Waals surface area contributed by atoms with Crippen molar-refractivity contribution in [1.82, 2.24) is 20.4 Å². The molecule has 1 atom stereocenters. The second-order valence-electron chi connectivity index (χ2n) is 6.69. The highest BCUT2D eigenvalue weighted by molar-refractivity contribution is 5.92. The Bertz CT molecular complexity index is 1080. The maximum absolute atomic E-state index is 12.5. The molecule has 6 nitrogen and oxygen atoms in total. The van der Waals surface area contributed by atoms with E-state index in [0.29, 0.717) is 11.5 Å². The van der Waals surface area contributed by atoms with Crippen molar-refractivity contribution in [3.05, 3.63) is 84.0 Å². The quantitative estimate of drug-likeness (QED) is 0.539. The number of carbonyl (C=O) groups is 1. The van der Waals surface area contributed by atoms with Crippen LogP contribution in [0, 0.1) is 6.92 Å². The van der Waals surface area contributed by atoms with Crippen LogP contribution in [0.15, 0.2) is 71.4 Å². The normalized spacial score (nSPS) is 11.9. The van der Waals surface area contributed by atoms with Crippen molar-refractivity contribution in [2.24, 2.45) is 0 Å². The van der Waals surface area contributed by atoms with Gasteiger partial charge in [-0.05, 0) is 19.4 Å². The van der Waals surface area contributed by atoms with E-state index >= 15 is 0 Å². The molecule has 140 valence electrons. The number of imidazole rings is 1. The van der Waals surface area contributed by atoms with Gasteiger partial charge in [0.1, 0.15) is 11.5 Å². The Hall–Kier alpha value is -3.67. The number of nitrogens with one attached hydrogen (secondary N) is 2. The van der Waals surface area contributed by atoms with E-state index in [0.717, 1.165) is 22.4 Å². The third kappa shape index (κ3) is 3.71. The molecule has 6 heteroatoms. The van der Waals surface area contributed by atoms with Gasteiger partial charge in [0.05, 0.1) is 17.9 Å². The van der Waals surface area contributed by atoms with Crippen LogP contribution >= 0.6 is 0 Å². The number of hydrogen-bond donors (Lipinski definition) is 2. The minimum Gasteiger partial charge on any atom is -0.350 e. The van der Waals surface area contributed by atoms with Crippen LogP contribution in [-0.4, -0.2) is 21.0 Å². The molecule has 0 spiro atoms. The van der Waals surface area contributed by atoms with Gasteiger partial charge in [-0.2, -0.15) is 0 Å². The molecule has 1 unspecified atom stereocenters. The zero-order valence-electron chi connectivity index (χ0n) is 15.6. The van der Waals surface area contributed by atoms with Crippen LogP contribution in [0.4, 0.5) is 0 Å². The average molecular weight is 372 g/mol. The van der Waals surface area contributed by atoms with Gasteiger partial charge in [-0.15, -0.1) is 0 Å². The number of aryl methyl sites for hydroxylation is 1. The fourth-order valence-electron chi connectivity index (χ4n) is 2.90. The van der Waals surface area contributed by atoms with Crippen molar-refractivity contribution in [1.29, 1.82) is 0 Å². The van der Waals surface area contributed by atoms with Gasteiger partial charge in [0.2, 0.25) is 5.76 Å². The molecule has 2 aromatic carbocycles. The van der Waals surface area contributed by atoms with E-state index in [4.69, 9.17) is 4.52 Å². The average Bonchev–Trinajstić information content (AvgIpc) is 3.39. The molecule has 2 aromatic heterocycles. The summed E-state index contributed by atoms with van der Waals surface area (Å²) in [5, 5.41) is 6.89. The maximum Gasteiger partial charge on any atom is 0.290 e. The summed E-state index contributed by atoms with van der Waals surface area (Å²) >= 11 is 0. The largest absolute Gasteiger partial charge is 0.350 e. The van der Waals surface area contributed by atoms with E-state index in [1.54, 1.807) is 12.3 Å². The molecular formula is C22H20N4O2. The summed E-state index contributed by atoms with van der Waals surface area (Å²) in [5.41, 5.74) is 4.63. The SMILES string of the molecule is Cc1ccc(-c2cc(C(=O)NC(C)c3ncc(-c4ccccc4)[nH]3)on2)cc1. The van der Waals surface area contributed by atoms with Gasteiger partial charge in [0.25, 0.3) is 5.91 Å². The molecule has 28 heavy (non-hydrogen) atoms. The first-order chi connectivity index (χ1) is 13.6. The predicted octanol–water partition coefficient (Wildman–Crippen LogP) is 4.53. The van der Waals surface area contributed by atoms with Gasteiger partial charge in [0, 0.05) is 11.6 Å². The summed E-state index contributed by atoms with van der Waals surface area (Å²) in [6.45, 7) is 3.88. The minimum absolute atomic E-state index is 0.164. The van der Waals surface area contributed by atoms with E-state index in [1.807, 2.05) is 68.4 Å². The standard InChI is InChI=1S/C22H20N4O2/c1-14-8-10-17(11-9-14)18-12-20(28-26-18)22(27)24-15(2)21-23-13-19(25-21)16-6-4-3-5-7-16/h3-13,15H,1-2H3,(H,23,25)(H,24,27). The lowest BCUT2D eigenvalue weighted by atomic mass is 10.1. The molecule has 0 aliphatic rings. The summed E-state index contributed by atoms with van der Waals surface area (Å²) in [7, 11) is 0. The Morgan fingerprint density at radius 2 is 1.82 bits per heavy atom. The first-order valence-corrected chi connectivity index (χ1v) is 9.05. The van der Waals surface area contributed by atoms with Crippen LogP contribution in [0.5, 0.6) is 0 Å². The Labute approximate surface area is 162 Å². The lowest BCUT2D eigenvalue weighted by Crippen LogP contribution is -2.27. The molecule has 0 saturated heterocycles. The molecule has 4 aromatic rings. The third-order valence-electron chi connectivity index (χ3n) is 4.52. The van der Waals surface area contributed by atoms with Crippen molar-refractivity contribution in [2.75, 3.05) is 0 Å². The monoisotopic (exact) mass is 372 g/mol. The summed E-state index contributed by atoms with van der Waals surface area (Å²) in [6.07, 6.45) is 1.76. The summed E-state index contributed by atoms with van der Waals surface area (Å²) in [4.78, 5) is 20.2. The van der Waals surface area contributed by atoms with Crippen LogP contribution in [0.3, 0.4) is 0 Å². The van der Waals surface area contributed by atoms with Gasteiger partial charge in [-0.25, -0.2) is 4.98 Å². The zero-order valence-corrected chi connectivity index (χ0v) is 15.6. The van der Waals surface area contributed by atoms with Crippen molar-refractivity contribution >= 4 is 5.91 Å². The van der Waals surface area contributed by atoms with Crippen molar-refractivity contribution in [3.8, 4) is 22.5 Å². The maximum atomic E-state index is 12.5. The molecule has 0 fully saturated rings. The van der Waals surface area contributed by atoms with Crippen LogP contribution in [-0.2, 0) is 0 Å². The first-order valence-electron chi connectivity index (χ1n) is 9.05. The molecule has 4 rings (SSSR count). The molecule has 0 saturated carbocycles. The van der Waals surface area contributed by atoms with Crippen LogP contribution < -0.4 is 5.32 Å². The number of rotatable bonds is 5. The molecule has 0 radical (unpaired) electrons. The number of H-pyrrole nitrogens is 1. The summed E-state index contributed by atoms with van der Waals surface area (Å²) in [5.74, 6) is 0.499. The minimum atomic E-state index is -0.337. The molecule has 0 bridgehead atoms. The summed E-state index contributed by atoms with van der Waals surface area (Å²) < 4.78 is 5.23. The third-order valence-corrected chi connectivity index (χ3v) is 4.52. The van der Waals surface area contributed by atoms with Gasteiger partial charge in [-0.1, -0.05) is 65.3 Å². The van der Waals surface area contributed by atoms with Crippen molar-refractivity contribution in [2.45, 2.75) is 19.9 Å². The Morgan fingerprint density at radius 1 is 1.07 bits per heavy atom. The molecule has 2 heterocycles. The molecule has 1 amide bonds. The van der Waals surface area contributed by atoms with E-state index in [2.05, 4.69) is 20.4 Å². The van der Waals surface area contributed by atoms with E-state index in [1.165, 1.54) is 0 Å². The lowest BCUT2D eigenvalue weighted by Gasteiger charge is -2.09. The number of aromatic nitrogens is 3. The van der Waals surface area contributed by atoms with E-state index in [-0.39, 0.29) is 17.7 Å². The van der Waals surface area contributed by atoms with Crippen molar-refractivity contribution in [3.63, 3.8) is 0 Å². The van der Waals surface area contributed by atoms with E-state index in [9.17, 15) is 4.79 Å². The van der Waals surface area contributed by atoms with Gasteiger partial charge < -0.3 is 14.8 Å². The molecule has 0 aliphatic heterocycles. The predicted molar refractivity (Wildman–Crippen MR) is 107 cm³/mol. The lowest BCUT2D eigenvalue weighted by molar-refractivity contribution is 0.0901. The number of hydrogen-bond acceptors (Lipinski definition) is 4. The highest BCUT2D eigenvalue weighted by Crippen LogP contribution is 2.21. The molecule has 0 aliphatic carbocycles. The van der Waals surface area contributed by atoms with Crippen molar-refractivity contribution < 1.29 is 9.32 Å². The Morgan fingerprint density at radius 3 is 2.57 bits per heavy atom. The van der Waals surface area contributed by atoms with Gasteiger partial charge in [-0.3, -0.25) is 4.79 Å². The second-order valence-corrected chi connectivity index (χ2v) is 6.69. The Balaban J connectivity index is 1.45. The number of aromatic amines is 1. The second kappa shape index (κ2) is 7.52. The zero-order chi connectivity index (χ0) is 19.5. The number of amides is 1. The van der Waals surface area contributed by atoms with E-state index < -0.39 is 0 Å². The number of carbonyl (C=O) groups excluding carboxylic acids is 1. The highest BCUT2D eigenvalue weighted by atomic mass is 16.5.